The van der Waals surface area contributed by atoms with Crippen LogP contribution in [0.2, 0.25) is 0 Å². The van der Waals surface area contributed by atoms with Crippen molar-refractivity contribution < 1.29 is 9.47 Å². The number of hydrogen-bond donors (Lipinski definition) is 2. The second-order valence-electron chi connectivity index (χ2n) is 3.22. The third-order valence-corrected chi connectivity index (χ3v) is 2.40. The molecule has 0 unspecified atom stereocenters. The largest absolute Gasteiger partial charge is 0.349 e. The van der Waals surface area contributed by atoms with E-state index in [-0.39, 0.29) is 0 Å². The van der Waals surface area contributed by atoms with Gasteiger partial charge in [-0.05, 0) is 37.2 Å². The second-order valence-corrected chi connectivity index (χ2v) is 3.44. The van der Waals surface area contributed by atoms with E-state index in [1.54, 1.807) is 18.2 Å². The molecule has 6 heteroatoms. The van der Waals surface area contributed by atoms with Crippen LogP contribution in [0.15, 0.2) is 23.4 Å². The summed E-state index contributed by atoms with van der Waals surface area (Å²) in [5.74, 6) is 0. The Bertz CT molecular complexity index is 368. The van der Waals surface area contributed by atoms with Crippen molar-refractivity contribution in [2.24, 2.45) is 5.18 Å². The van der Waals surface area contributed by atoms with Crippen molar-refractivity contribution in [3.8, 4) is 0 Å². The van der Waals surface area contributed by atoms with Crippen molar-refractivity contribution in [3.63, 3.8) is 0 Å². The molecule has 0 aliphatic carbocycles. The SMILES string of the molecule is CCOC(OCC)c1cc(NS)ccc1N=O. The minimum atomic E-state index is -0.584. The van der Waals surface area contributed by atoms with Gasteiger partial charge >= 0.3 is 0 Å². The summed E-state index contributed by atoms with van der Waals surface area (Å²) in [6.07, 6.45) is -0.584. The fraction of sp³-hybridized carbons (Fsp3) is 0.455. The van der Waals surface area contributed by atoms with Crippen LogP contribution in [0, 0.1) is 4.91 Å². The Morgan fingerprint density at radius 3 is 2.47 bits per heavy atom. The van der Waals surface area contributed by atoms with E-state index in [0.29, 0.717) is 24.5 Å². The Balaban J connectivity index is 3.08. The number of hydrogen-bond acceptors (Lipinski definition) is 6. The van der Waals surface area contributed by atoms with Crippen LogP contribution in [0.3, 0.4) is 0 Å². The Labute approximate surface area is 106 Å². The number of benzene rings is 1. The minimum absolute atomic E-state index is 0.309. The summed E-state index contributed by atoms with van der Waals surface area (Å²) in [4.78, 5) is 10.7. The summed E-state index contributed by atoms with van der Waals surface area (Å²) in [6, 6.07) is 5.05. The van der Waals surface area contributed by atoms with Gasteiger partial charge in [0.25, 0.3) is 0 Å². The van der Waals surface area contributed by atoms with Gasteiger partial charge in [-0.15, -0.1) is 4.91 Å². The van der Waals surface area contributed by atoms with E-state index in [1.165, 1.54) is 0 Å². The third kappa shape index (κ3) is 3.69. The van der Waals surface area contributed by atoms with Gasteiger partial charge < -0.3 is 14.2 Å². The molecule has 0 atom stereocenters. The van der Waals surface area contributed by atoms with Gasteiger partial charge in [-0.1, -0.05) is 12.8 Å². The summed E-state index contributed by atoms with van der Waals surface area (Å²) in [5.41, 5.74) is 1.66. The van der Waals surface area contributed by atoms with Crippen LogP contribution >= 0.6 is 12.8 Å². The second kappa shape index (κ2) is 7.26. The highest BCUT2D eigenvalue weighted by molar-refractivity contribution is 7.81. The number of thiol groups is 1. The van der Waals surface area contributed by atoms with E-state index >= 15 is 0 Å². The fourth-order valence-electron chi connectivity index (χ4n) is 1.43. The van der Waals surface area contributed by atoms with Crippen LogP contribution in [-0.2, 0) is 9.47 Å². The normalized spacial score (nSPS) is 10.6. The van der Waals surface area contributed by atoms with Crippen LogP contribution in [0.5, 0.6) is 0 Å². The lowest BCUT2D eigenvalue weighted by Crippen LogP contribution is -2.09. The molecule has 0 bridgehead atoms. The third-order valence-electron chi connectivity index (χ3n) is 2.14. The number of nitrogens with one attached hydrogen (secondary N) is 1. The molecule has 0 spiro atoms. The molecule has 5 nitrogen and oxygen atoms in total. The molecule has 0 aliphatic heterocycles. The van der Waals surface area contributed by atoms with Crippen molar-refractivity contribution in [2.75, 3.05) is 17.9 Å². The predicted molar refractivity (Wildman–Crippen MR) is 70.5 cm³/mol. The maximum Gasteiger partial charge on any atom is 0.186 e. The molecule has 1 N–H and O–H groups in total. The lowest BCUT2D eigenvalue weighted by Gasteiger charge is -2.18. The highest BCUT2D eigenvalue weighted by Crippen LogP contribution is 2.31. The van der Waals surface area contributed by atoms with Gasteiger partial charge in [0.15, 0.2) is 6.29 Å². The molecule has 0 aliphatic rings. The van der Waals surface area contributed by atoms with E-state index < -0.39 is 6.29 Å². The summed E-state index contributed by atoms with van der Waals surface area (Å²) < 4.78 is 13.6. The van der Waals surface area contributed by atoms with Crippen molar-refractivity contribution in [2.45, 2.75) is 20.1 Å². The average Bonchev–Trinajstić information content (AvgIpc) is 2.37. The maximum absolute atomic E-state index is 10.7. The standard InChI is InChI=1S/C11H16N2O3S/c1-3-15-11(16-4-2)9-7-8(13-17)5-6-10(9)12-14/h5-7,11,13,17H,3-4H2,1-2H3. The lowest BCUT2D eigenvalue weighted by atomic mass is 10.1. The monoisotopic (exact) mass is 256 g/mol. The fourth-order valence-corrected chi connectivity index (χ4v) is 1.57. The molecule has 1 rings (SSSR count). The lowest BCUT2D eigenvalue weighted by molar-refractivity contribution is -0.139. The zero-order valence-electron chi connectivity index (χ0n) is 9.84. The van der Waals surface area contributed by atoms with Crippen molar-refractivity contribution in [3.05, 3.63) is 28.7 Å². The van der Waals surface area contributed by atoms with E-state index in [2.05, 4.69) is 22.7 Å². The molecule has 0 heterocycles. The summed E-state index contributed by atoms with van der Waals surface area (Å²) in [7, 11) is 0. The molecule has 17 heavy (non-hydrogen) atoms. The number of ether oxygens (including phenoxy) is 2. The number of rotatable bonds is 7. The topological polar surface area (TPSA) is 59.9 Å². The summed E-state index contributed by atoms with van der Waals surface area (Å²) in [6.45, 7) is 4.70. The molecule has 0 amide bonds. The first-order valence-electron chi connectivity index (χ1n) is 5.37. The van der Waals surface area contributed by atoms with Gasteiger partial charge in [-0.25, -0.2) is 0 Å². The summed E-state index contributed by atoms with van der Waals surface area (Å²) >= 11 is 3.95. The number of anilines is 1. The van der Waals surface area contributed by atoms with Gasteiger partial charge in [-0.3, -0.25) is 0 Å². The molecule has 0 saturated carbocycles. The number of nitrogens with zero attached hydrogens (tertiary/aromatic N) is 1. The van der Waals surface area contributed by atoms with Gasteiger partial charge in [-0.2, -0.15) is 0 Å². The maximum atomic E-state index is 10.7. The van der Waals surface area contributed by atoms with Gasteiger partial charge in [0.1, 0.15) is 5.69 Å². The zero-order chi connectivity index (χ0) is 12.7. The molecular formula is C11H16N2O3S. The summed E-state index contributed by atoms with van der Waals surface area (Å²) in [5, 5.41) is 2.97. The molecule has 0 aromatic heterocycles. The number of nitroso groups, excluding NO2 is 1. The Hall–Kier alpha value is -1.11. The first-order valence-corrected chi connectivity index (χ1v) is 5.82. The van der Waals surface area contributed by atoms with Crippen molar-refractivity contribution in [1.29, 1.82) is 0 Å². The van der Waals surface area contributed by atoms with Crippen LogP contribution in [0.4, 0.5) is 11.4 Å². The van der Waals surface area contributed by atoms with Gasteiger partial charge in [0.2, 0.25) is 0 Å². The van der Waals surface area contributed by atoms with Crippen LogP contribution in [0.1, 0.15) is 25.7 Å². The molecule has 1 aromatic carbocycles. The van der Waals surface area contributed by atoms with E-state index in [0.717, 1.165) is 5.69 Å². The van der Waals surface area contributed by atoms with E-state index in [4.69, 9.17) is 9.47 Å². The molecule has 0 saturated heterocycles. The highest BCUT2D eigenvalue weighted by Gasteiger charge is 2.17. The minimum Gasteiger partial charge on any atom is -0.349 e. The molecule has 0 fully saturated rings. The first-order chi connectivity index (χ1) is 8.26. The van der Waals surface area contributed by atoms with Gasteiger partial charge in [0, 0.05) is 24.5 Å². The quantitative estimate of drug-likeness (QED) is 0.446. The van der Waals surface area contributed by atoms with Gasteiger partial charge in [0.05, 0.1) is 0 Å². The molecule has 1 aromatic rings. The average molecular weight is 256 g/mol. The van der Waals surface area contributed by atoms with Crippen molar-refractivity contribution in [1.82, 2.24) is 0 Å². The molecular weight excluding hydrogens is 240 g/mol. The van der Waals surface area contributed by atoms with E-state index in [9.17, 15) is 4.91 Å². The van der Waals surface area contributed by atoms with Crippen LogP contribution in [0.25, 0.3) is 0 Å². The van der Waals surface area contributed by atoms with E-state index in [1.807, 2.05) is 13.8 Å². The molecule has 94 valence electrons. The highest BCUT2D eigenvalue weighted by atomic mass is 32.1. The molecule has 0 radical (unpaired) electrons. The smallest absolute Gasteiger partial charge is 0.186 e. The first kappa shape index (κ1) is 14.0. The Morgan fingerprint density at radius 1 is 1.35 bits per heavy atom. The predicted octanol–water partition coefficient (Wildman–Crippen LogP) is 3.41. The van der Waals surface area contributed by atoms with Crippen LogP contribution in [-0.4, -0.2) is 13.2 Å². The van der Waals surface area contributed by atoms with Crippen molar-refractivity contribution >= 4 is 24.2 Å². The Kier molecular flexibility index (Phi) is 5.96. The van der Waals surface area contributed by atoms with Crippen LogP contribution < -0.4 is 4.72 Å². The Morgan fingerprint density at radius 2 is 2.00 bits per heavy atom. The zero-order valence-corrected chi connectivity index (χ0v) is 10.7.